The van der Waals surface area contributed by atoms with Crippen LogP contribution in [0, 0.1) is 0 Å². The molecule has 0 bridgehead atoms. The fraction of sp³-hybridized carbons (Fsp3) is 0. The molecular formula is H7AlMnO4Si. The van der Waals surface area contributed by atoms with E-state index in [0.29, 0.717) is 0 Å². The Labute approximate surface area is 62.9 Å². The van der Waals surface area contributed by atoms with Gasteiger partial charge in [-0.05, 0) is 0 Å². The fourth-order valence-corrected chi connectivity index (χ4v) is 0. The summed E-state index contributed by atoms with van der Waals surface area (Å²) < 4.78 is 0. The molecule has 1 radical (unpaired) electrons. The maximum atomic E-state index is 7.33. The molecule has 0 rings (SSSR count). The average molecular weight is 181 g/mol. The van der Waals surface area contributed by atoms with E-state index in [-0.39, 0.29) is 34.4 Å². The zero-order valence-corrected chi connectivity index (χ0v) is 4.85. The van der Waals surface area contributed by atoms with Gasteiger partial charge in [0.15, 0.2) is 17.4 Å². The molecule has 0 aromatic heterocycles. The summed E-state index contributed by atoms with van der Waals surface area (Å²) in [4.78, 5) is 29.3. The minimum absolute atomic E-state index is 0. The third kappa shape index (κ3) is 151. The van der Waals surface area contributed by atoms with Crippen LogP contribution in [0.1, 0.15) is 0 Å². The van der Waals surface area contributed by atoms with E-state index in [0.717, 1.165) is 0 Å². The quantitative estimate of drug-likeness (QED) is 0.289. The van der Waals surface area contributed by atoms with Crippen LogP contribution in [0.2, 0.25) is 0 Å². The second-order valence-corrected chi connectivity index (χ2v) is 1.80. The van der Waals surface area contributed by atoms with Gasteiger partial charge in [0, 0.05) is 17.1 Å². The van der Waals surface area contributed by atoms with Crippen LogP contribution in [0.4, 0.5) is 0 Å². The van der Waals surface area contributed by atoms with Crippen molar-refractivity contribution in [1.29, 1.82) is 0 Å². The number of hydrogen-bond acceptors (Lipinski definition) is 4. The summed E-state index contributed by atoms with van der Waals surface area (Å²) in [6.07, 6.45) is 0. The molecule has 0 heterocycles. The maximum Gasteiger partial charge on any atom is 0.668 e. The van der Waals surface area contributed by atoms with Crippen LogP contribution in [0.25, 0.3) is 0 Å². The first-order valence-corrected chi connectivity index (χ1v) is 2.68. The van der Waals surface area contributed by atoms with Gasteiger partial charge in [0.2, 0.25) is 0 Å². The summed E-state index contributed by atoms with van der Waals surface area (Å²) in [5.74, 6) is 0. The zero-order valence-electron chi connectivity index (χ0n) is 2.67. The van der Waals surface area contributed by atoms with Crippen molar-refractivity contribution >= 4 is 26.4 Å². The normalized spacial score (nSPS) is 8.57. The monoisotopic (exact) mass is 181 g/mol. The van der Waals surface area contributed by atoms with E-state index in [9.17, 15) is 0 Å². The molecular weight excluding hydrogens is 174 g/mol. The molecule has 0 saturated heterocycles. The van der Waals surface area contributed by atoms with Gasteiger partial charge < -0.3 is 19.2 Å². The Kier molecular flexibility index (Phi) is 11.8. The molecule has 7 heteroatoms. The Bertz CT molecular complexity index is 27.2. The molecule has 4 nitrogen and oxygen atoms in total. The molecule has 7 heavy (non-hydrogen) atoms. The van der Waals surface area contributed by atoms with Crippen molar-refractivity contribution < 1.29 is 36.3 Å². The molecule has 0 saturated carbocycles. The van der Waals surface area contributed by atoms with Crippen LogP contribution in [-0.4, -0.2) is 45.6 Å². The van der Waals surface area contributed by atoms with Crippen LogP contribution in [-0.2, 0) is 17.1 Å². The first-order chi connectivity index (χ1) is 2.00. The predicted octanol–water partition coefficient (Wildman–Crippen LogP) is -3.80. The maximum absolute atomic E-state index is 7.33. The van der Waals surface area contributed by atoms with E-state index in [1.165, 1.54) is 0 Å². The minimum Gasteiger partial charge on any atom is -0.368 e. The Morgan fingerprint density at radius 3 is 0.857 bits per heavy atom. The molecule has 0 amide bonds. The molecule has 0 aliphatic heterocycles. The van der Waals surface area contributed by atoms with Gasteiger partial charge in [-0.3, -0.25) is 0 Å². The molecule has 45 valence electrons. The molecule has 0 unspecified atom stereocenters. The van der Waals surface area contributed by atoms with Crippen LogP contribution in [0.3, 0.4) is 0 Å². The Morgan fingerprint density at radius 2 is 0.857 bits per heavy atom. The summed E-state index contributed by atoms with van der Waals surface area (Å²) in [5, 5.41) is 0. The van der Waals surface area contributed by atoms with Crippen LogP contribution in [0.15, 0.2) is 0 Å². The largest absolute Gasteiger partial charge is 0.668 e. The smallest absolute Gasteiger partial charge is 0.368 e. The zero-order chi connectivity index (χ0) is 4.50. The van der Waals surface area contributed by atoms with E-state index in [1.54, 1.807) is 0 Å². The topological polar surface area (TPSA) is 80.9 Å². The first kappa shape index (κ1) is 15.7. The van der Waals surface area contributed by atoms with Gasteiger partial charge in [-0.25, -0.2) is 0 Å². The number of hydrogen-bond donors (Lipinski definition) is 4. The molecule has 4 N–H and O–H groups in total. The summed E-state index contributed by atoms with van der Waals surface area (Å²) in [5.41, 5.74) is 0. The van der Waals surface area contributed by atoms with Crippen LogP contribution >= 0.6 is 0 Å². The summed E-state index contributed by atoms with van der Waals surface area (Å²) >= 11 is 0. The standard InChI is InChI=1S/Al.Mn.H4O4Si.3H/c;;1-5(2,3)4;;;/h;;1-4H;;;. The van der Waals surface area contributed by atoms with Gasteiger partial charge in [-0.1, -0.05) is 0 Å². The van der Waals surface area contributed by atoms with E-state index >= 15 is 0 Å². The Hall–Kier alpha value is 1.11. The van der Waals surface area contributed by atoms with Gasteiger partial charge in [-0.2, -0.15) is 0 Å². The third-order valence-electron chi connectivity index (χ3n) is 0. The Morgan fingerprint density at radius 1 is 0.857 bits per heavy atom. The van der Waals surface area contributed by atoms with E-state index in [2.05, 4.69) is 0 Å². The van der Waals surface area contributed by atoms with Gasteiger partial charge >= 0.3 is 9.05 Å². The second-order valence-electron chi connectivity index (χ2n) is 0.600. The van der Waals surface area contributed by atoms with Crippen molar-refractivity contribution in [2.45, 2.75) is 0 Å². The molecule has 0 spiro atoms. The van der Waals surface area contributed by atoms with Crippen molar-refractivity contribution in [3.05, 3.63) is 0 Å². The van der Waals surface area contributed by atoms with Crippen molar-refractivity contribution in [3.8, 4) is 0 Å². The summed E-state index contributed by atoms with van der Waals surface area (Å²) in [6, 6.07) is 0. The van der Waals surface area contributed by atoms with Gasteiger partial charge in [-0.15, -0.1) is 0 Å². The Balaban J connectivity index is -0.0000000800. The molecule has 0 aliphatic carbocycles. The van der Waals surface area contributed by atoms with Crippen molar-refractivity contribution in [2.24, 2.45) is 0 Å². The molecule has 0 fully saturated rings. The van der Waals surface area contributed by atoms with Gasteiger partial charge in [0.05, 0.1) is 0 Å². The average Bonchev–Trinajstić information content (AvgIpc) is 0.722. The van der Waals surface area contributed by atoms with Gasteiger partial charge in [0.25, 0.3) is 0 Å². The molecule has 0 aromatic rings. The van der Waals surface area contributed by atoms with E-state index in [1.807, 2.05) is 0 Å². The van der Waals surface area contributed by atoms with Crippen molar-refractivity contribution in [2.75, 3.05) is 0 Å². The van der Waals surface area contributed by atoms with Crippen LogP contribution < -0.4 is 0 Å². The SMILES string of the molecule is O[Si](O)(O)O.[AlH3].[Mn]. The molecule has 0 atom stereocenters. The first-order valence-electron chi connectivity index (χ1n) is 0.894. The minimum atomic E-state index is -4.61. The summed E-state index contributed by atoms with van der Waals surface area (Å²) in [6.45, 7) is 0. The van der Waals surface area contributed by atoms with E-state index < -0.39 is 9.05 Å². The predicted molar refractivity (Wildman–Crippen MR) is 24.6 cm³/mol. The van der Waals surface area contributed by atoms with Crippen LogP contribution in [0.5, 0.6) is 0 Å². The van der Waals surface area contributed by atoms with Crippen molar-refractivity contribution in [1.82, 2.24) is 0 Å². The fourth-order valence-electron chi connectivity index (χ4n) is 0. The second kappa shape index (κ2) is 5.25. The molecule has 0 aliphatic rings. The molecule has 0 aromatic carbocycles. The van der Waals surface area contributed by atoms with Gasteiger partial charge in [0.1, 0.15) is 0 Å². The summed E-state index contributed by atoms with van der Waals surface area (Å²) in [7, 11) is -4.61. The number of rotatable bonds is 0. The third-order valence-corrected chi connectivity index (χ3v) is 0. The van der Waals surface area contributed by atoms with Crippen molar-refractivity contribution in [3.63, 3.8) is 0 Å². The van der Waals surface area contributed by atoms with E-state index in [4.69, 9.17) is 19.2 Å².